The highest BCUT2D eigenvalue weighted by Gasteiger charge is 2.20. The van der Waals surface area contributed by atoms with Crippen LogP contribution in [0.5, 0.6) is 0 Å². The van der Waals surface area contributed by atoms with Crippen LogP contribution in [0.1, 0.15) is 17.2 Å². The molecule has 20 heavy (non-hydrogen) atoms. The third-order valence-electron chi connectivity index (χ3n) is 2.89. The van der Waals surface area contributed by atoms with Crippen LogP contribution in [-0.2, 0) is 6.42 Å². The Hall–Kier alpha value is -1.59. The van der Waals surface area contributed by atoms with E-state index >= 15 is 0 Å². The summed E-state index contributed by atoms with van der Waals surface area (Å²) in [5.74, 6) is -3.83. The minimum Gasteiger partial charge on any atom is -0.323 e. The molecule has 2 rings (SSSR count). The molecule has 1 atom stereocenters. The van der Waals surface area contributed by atoms with Crippen LogP contribution in [0.4, 0.5) is 17.6 Å². The number of hydrogen-bond acceptors (Lipinski definition) is 1. The fourth-order valence-corrected chi connectivity index (χ4v) is 2.16. The average Bonchev–Trinajstić information content (AvgIpc) is 2.33. The molecule has 0 aliphatic heterocycles. The van der Waals surface area contributed by atoms with Gasteiger partial charge in [-0.05, 0) is 18.1 Å². The molecule has 0 aliphatic rings. The monoisotopic (exact) mass is 303 g/mol. The first-order valence-electron chi connectivity index (χ1n) is 5.73. The first-order chi connectivity index (χ1) is 9.40. The molecule has 2 N–H and O–H groups in total. The summed E-state index contributed by atoms with van der Waals surface area (Å²) in [4.78, 5) is 0. The van der Waals surface area contributed by atoms with E-state index in [1.165, 1.54) is 12.1 Å². The molecule has 0 heterocycles. The molecule has 0 saturated heterocycles. The van der Waals surface area contributed by atoms with Gasteiger partial charge in [0.15, 0.2) is 0 Å². The van der Waals surface area contributed by atoms with Crippen molar-refractivity contribution in [3.05, 3.63) is 69.8 Å². The third kappa shape index (κ3) is 2.94. The largest absolute Gasteiger partial charge is 0.323 e. The van der Waals surface area contributed by atoms with Gasteiger partial charge < -0.3 is 5.73 Å². The van der Waals surface area contributed by atoms with Crippen molar-refractivity contribution in [3.63, 3.8) is 0 Å². The Morgan fingerprint density at radius 1 is 1.00 bits per heavy atom. The van der Waals surface area contributed by atoms with Crippen molar-refractivity contribution in [3.8, 4) is 0 Å². The zero-order valence-electron chi connectivity index (χ0n) is 10.1. The Labute approximate surface area is 118 Å². The van der Waals surface area contributed by atoms with E-state index in [4.69, 9.17) is 17.3 Å². The predicted octanol–water partition coefficient (Wildman–Crippen LogP) is 4.14. The van der Waals surface area contributed by atoms with Gasteiger partial charge in [0, 0.05) is 23.7 Å². The van der Waals surface area contributed by atoms with E-state index in [0.29, 0.717) is 17.7 Å². The van der Waals surface area contributed by atoms with Crippen molar-refractivity contribution in [1.82, 2.24) is 0 Å². The second kappa shape index (κ2) is 5.81. The van der Waals surface area contributed by atoms with Gasteiger partial charge in [-0.25, -0.2) is 17.6 Å². The molecule has 1 unspecified atom stereocenters. The summed E-state index contributed by atoms with van der Waals surface area (Å²) in [6.45, 7) is 0. The molecule has 2 aromatic rings. The lowest BCUT2D eigenvalue weighted by Gasteiger charge is -2.15. The van der Waals surface area contributed by atoms with Crippen LogP contribution in [0, 0.1) is 23.3 Å². The first kappa shape index (κ1) is 14.8. The van der Waals surface area contributed by atoms with Crippen LogP contribution in [0.3, 0.4) is 0 Å². The number of nitrogens with two attached hydrogens (primary N) is 1. The first-order valence-corrected chi connectivity index (χ1v) is 6.11. The number of benzene rings is 2. The molecule has 0 aliphatic carbocycles. The van der Waals surface area contributed by atoms with Crippen LogP contribution in [-0.4, -0.2) is 0 Å². The van der Waals surface area contributed by atoms with E-state index in [2.05, 4.69) is 0 Å². The molecule has 0 bridgehead atoms. The van der Waals surface area contributed by atoms with Crippen molar-refractivity contribution in [2.24, 2.45) is 5.73 Å². The second-order valence-electron chi connectivity index (χ2n) is 4.31. The van der Waals surface area contributed by atoms with E-state index in [-0.39, 0.29) is 11.4 Å². The molecular weight excluding hydrogens is 294 g/mol. The van der Waals surface area contributed by atoms with Gasteiger partial charge in [-0.2, -0.15) is 0 Å². The summed E-state index contributed by atoms with van der Waals surface area (Å²) >= 11 is 5.75. The predicted molar refractivity (Wildman–Crippen MR) is 68.4 cm³/mol. The molecule has 6 heteroatoms. The normalized spacial score (nSPS) is 12.5. The van der Waals surface area contributed by atoms with Gasteiger partial charge in [0.2, 0.25) is 0 Å². The molecule has 0 saturated carbocycles. The maximum absolute atomic E-state index is 13.6. The van der Waals surface area contributed by atoms with Crippen LogP contribution in [0.25, 0.3) is 0 Å². The van der Waals surface area contributed by atoms with Gasteiger partial charge in [-0.15, -0.1) is 0 Å². The third-order valence-corrected chi connectivity index (χ3v) is 3.31. The highest BCUT2D eigenvalue weighted by molar-refractivity contribution is 6.31. The maximum Gasteiger partial charge on any atom is 0.142 e. The number of hydrogen-bond donors (Lipinski definition) is 1. The van der Waals surface area contributed by atoms with Crippen molar-refractivity contribution in [2.45, 2.75) is 12.5 Å². The van der Waals surface area contributed by atoms with E-state index < -0.39 is 34.9 Å². The minimum atomic E-state index is -1.10. The lowest BCUT2D eigenvalue weighted by molar-refractivity contribution is 0.501. The van der Waals surface area contributed by atoms with Crippen LogP contribution in [0.15, 0.2) is 30.3 Å². The molecule has 0 amide bonds. The van der Waals surface area contributed by atoms with E-state index in [1.807, 2.05) is 0 Å². The fourth-order valence-electron chi connectivity index (χ4n) is 1.95. The van der Waals surface area contributed by atoms with Crippen LogP contribution >= 0.6 is 11.6 Å². The highest BCUT2D eigenvalue weighted by Crippen LogP contribution is 2.27. The van der Waals surface area contributed by atoms with Crippen molar-refractivity contribution < 1.29 is 17.6 Å². The van der Waals surface area contributed by atoms with E-state index in [0.717, 1.165) is 6.07 Å². The molecule has 2 aromatic carbocycles. The van der Waals surface area contributed by atoms with E-state index in [1.54, 1.807) is 0 Å². The zero-order valence-corrected chi connectivity index (χ0v) is 10.9. The van der Waals surface area contributed by atoms with Gasteiger partial charge in [-0.3, -0.25) is 0 Å². The van der Waals surface area contributed by atoms with Crippen molar-refractivity contribution in [1.29, 1.82) is 0 Å². The Morgan fingerprint density at radius 3 is 2.20 bits per heavy atom. The summed E-state index contributed by atoms with van der Waals surface area (Å²) in [5, 5.41) is -0.147. The number of rotatable bonds is 3. The summed E-state index contributed by atoms with van der Waals surface area (Å²) < 4.78 is 53.3. The zero-order chi connectivity index (χ0) is 14.9. The van der Waals surface area contributed by atoms with E-state index in [9.17, 15) is 17.6 Å². The Kier molecular flexibility index (Phi) is 4.30. The van der Waals surface area contributed by atoms with Crippen molar-refractivity contribution >= 4 is 11.6 Å². The summed E-state index contributed by atoms with van der Waals surface area (Å²) in [5.41, 5.74) is 5.58. The van der Waals surface area contributed by atoms with Crippen molar-refractivity contribution in [2.75, 3.05) is 0 Å². The topological polar surface area (TPSA) is 26.0 Å². The molecule has 0 aromatic heterocycles. The van der Waals surface area contributed by atoms with Gasteiger partial charge in [-0.1, -0.05) is 23.7 Å². The number of halogens is 5. The Bertz CT molecular complexity index is 622. The summed E-state index contributed by atoms with van der Waals surface area (Å²) in [6, 6.07) is 4.08. The maximum atomic E-state index is 13.6. The molecular formula is C14H10ClF4N. The SMILES string of the molecule is NC(Cc1cccc(F)c1Cl)c1c(F)cc(F)cc1F. The molecule has 0 fully saturated rings. The standard InChI is InChI=1S/C14H10ClF4N/c15-14-7(2-1-3-9(14)17)4-12(20)13-10(18)5-8(16)6-11(13)19/h1-3,5-6,12H,4,20H2. The summed E-state index contributed by atoms with van der Waals surface area (Å²) in [6.07, 6.45) is -0.0733. The van der Waals surface area contributed by atoms with Gasteiger partial charge in [0.05, 0.1) is 5.02 Å². The Morgan fingerprint density at radius 2 is 1.60 bits per heavy atom. The van der Waals surface area contributed by atoms with Gasteiger partial charge >= 0.3 is 0 Å². The lowest BCUT2D eigenvalue weighted by atomic mass is 9.98. The quantitative estimate of drug-likeness (QED) is 0.847. The van der Waals surface area contributed by atoms with Gasteiger partial charge in [0.1, 0.15) is 23.3 Å². The van der Waals surface area contributed by atoms with Crippen LogP contribution in [0.2, 0.25) is 5.02 Å². The smallest absolute Gasteiger partial charge is 0.142 e. The highest BCUT2D eigenvalue weighted by atomic mass is 35.5. The molecule has 0 radical (unpaired) electrons. The minimum absolute atomic E-state index is 0.0733. The van der Waals surface area contributed by atoms with Crippen LogP contribution < -0.4 is 5.73 Å². The fraction of sp³-hybridized carbons (Fsp3) is 0.143. The molecule has 106 valence electrons. The Balaban J connectivity index is 2.33. The lowest BCUT2D eigenvalue weighted by Crippen LogP contribution is -2.17. The molecule has 0 spiro atoms. The second-order valence-corrected chi connectivity index (χ2v) is 4.68. The molecule has 1 nitrogen and oxygen atoms in total. The summed E-state index contributed by atoms with van der Waals surface area (Å²) in [7, 11) is 0. The van der Waals surface area contributed by atoms with Gasteiger partial charge in [0.25, 0.3) is 0 Å². The average molecular weight is 304 g/mol.